The second-order valence-electron chi connectivity index (χ2n) is 3.92. The number of ether oxygens (including phenoxy) is 2. The quantitative estimate of drug-likeness (QED) is 0.787. The molecule has 0 atom stereocenters. The lowest BCUT2D eigenvalue weighted by atomic mass is 10.1. The van der Waals surface area contributed by atoms with Gasteiger partial charge in [0.1, 0.15) is 11.5 Å². The fraction of sp³-hybridized carbons (Fsp3) is 0.214. The van der Waals surface area contributed by atoms with Crippen molar-refractivity contribution >= 4 is 6.29 Å². The molecule has 0 aliphatic rings. The van der Waals surface area contributed by atoms with Crippen LogP contribution in [-0.4, -0.2) is 30.5 Å². The molecule has 1 aromatic carbocycles. The van der Waals surface area contributed by atoms with E-state index in [1.165, 1.54) is 6.20 Å². The summed E-state index contributed by atoms with van der Waals surface area (Å²) in [7, 11) is 3.17. The van der Waals surface area contributed by atoms with Crippen molar-refractivity contribution in [1.29, 1.82) is 0 Å². The highest BCUT2D eigenvalue weighted by molar-refractivity contribution is 5.76. The van der Waals surface area contributed by atoms with Crippen molar-refractivity contribution in [2.45, 2.75) is 6.92 Å². The molecule has 5 heteroatoms. The van der Waals surface area contributed by atoms with Crippen LogP contribution in [0.25, 0.3) is 11.4 Å². The van der Waals surface area contributed by atoms with Gasteiger partial charge in [-0.05, 0) is 25.1 Å². The van der Waals surface area contributed by atoms with Gasteiger partial charge in [0.25, 0.3) is 0 Å². The summed E-state index contributed by atoms with van der Waals surface area (Å²) in [4.78, 5) is 19.3. The monoisotopic (exact) mass is 258 g/mol. The highest BCUT2D eigenvalue weighted by Gasteiger charge is 2.11. The van der Waals surface area contributed by atoms with E-state index in [1.807, 2.05) is 0 Å². The lowest BCUT2D eigenvalue weighted by Crippen LogP contribution is -1.99. The lowest BCUT2D eigenvalue weighted by molar-refractivity contribution is 0.112. The van der Waals surface area contributed by atoms with Gasteiger partial charge in [-0.3, -0.25) is 4.79 Å². The Morgan fingerprint density at radius 3 is 2.58 bits per heavy atom. The number of hydrogen-bond donors (Lipinski definition) is 0. The molecule has 0 unspecified atom stereocenters. The number of rotatable bonds is 4. The van der Waals surface area contributed by atoms with Gasteiger partial charge in [0.05, 0.1) is 31.0 Å². The van der Waals surface area contributed by atoms with E-state index in [4.69, 9.17) is 9.47 Å². The molecule has 1 heterocycles. The minimum atomic E-state index is 0.477. The van der Waals surface area contributed by atoms with Crippen molar-refractivity contribution in [3.05, 3.63) is 35.7 Å². The Hall–Kier alpha value is -2.43. The van der Waals surface area contributed by atoms with Crippen LogP contribution in [-0.2, 0) is 0 Å². The highest BCUT2D eigenvalue weighted by atomic mass is 16.5. The molecule has 0 radical (unpaired) electrons. The average Bonchev–Trinajstić information content (AvgIpc) is 2.46. The number of carbonyl (C=O) groups is 1. The fourth-order valence-corrected chi connectivity index (χ4v) is 1.71. The number of aromatic nitrogens is 2. The molecular weight excluding hydrogens is 244 g/mol. The number of nitrogens with zero attached hydrogens (tertiary/aromatic N) is 2. The molecular formula is C14H14N2O3. The minimum Gasteiger partial charge on any atom is -0.497 e. The molecule has 0 N–H and O–H groups in total. The molecule has 2 rings (SSSR count). The summed E-state index contributed by atoms with van der Waals surface area (Å²) >= 11 is 0. The van der Waals surface area contributed by atoms with Crippen LogP contribution >= 0.6 is 0 Å². The molecule has 0 fully saturated rings. The zero-order valence-electron chi connectivity index (χ0n) is 11.0. The van der Waals surface area contributed by atoms with Gasteiger partial charge in [0.2, 0.25) is 0 Å². The first-order valence-corrected chi connectivity index (χ1v) is 5.70. The summed E-state index contributed by atoms with van der Waals surface area (Å²) in [5, 5.41) is 0. The maximum Gasteiger partial charge on any atom is 0.163 e. The Labute approximate surface area is 111 Å². The van der Waals surface area contributed by atoms with Crippen LogP contribution < -0.4 is 9.47 Å². The van der Waals surface area contributed by atoms with Crippen molar-refractivity contribution in [3.63, 3.8) is 0 Å². The summed E-state index contributed by atoms with van der Waals surface area (Å²) in [5.74, 6) is 1.84. The van der Waals surface area contributed by atoms with E-state index < -0.39 is 0 Å². The van der Waals surface area contributed by atoms with Gasteiger partial charge >= 0.3 is 0 Å². The first-order chi connectivity index (χ1) is 9.19. The van der Waals surface area contributed by atoms with Crippen LogP contribution in [0.1, 0.15) is 16.1 Å². The summed E-state index contributed by atoms with van der Waals surface area (Å²) in [5.41, 5.74) is 1.83. The SMILES string of the molecule is COc1ccc(OC)c(-c2ncc(C=O)c(C)n2)c1. The van der Waals surface area contributed by atoms with Gasteiger partial charge in [-0.1, -0.05) is 0 Å². The summed E-state index contributed by atoms with van der Waals surface area (Å²) < 4.78 is 10.5. The van der Waals surface area contributed by atoms with Crippen LogP contribution in [0.5, 0.6) is 11.5 Å². The van der Waals surface area contributed by atoms with Gasteiger partial charge in [-0.15, -0.1) is 0 Å². The second-order valence-corrected chi connectivity index (χ2v) is 3.92. The maximum absolute atomic E-state index is 10.8. The zero-order chi connectivity index (χ0) is 13.8. The van der Waals surface area contributed by atoms with Crippen molar-refractivity contribution in [1.82, 2.24) is 9.97 Å². The van der Waals surface area contributed by atoms with Crippen LogP contribution in [0.15, 0.2) is 24.4 Å². The third-order valence-electron chi connectivity index (χ3n) is 2.79. The standard InChI is InChI=1S/C14H14N2O3/c1-9-10(8-17)7-15-14(16-9)12-6-11(18-2)4-5-13(12)19-3/h4-8H,1-3H3. The van der Waals surface area contributed by atoms with Gasteiger partial charge in [0.15, 0.2) is 12.1 Å². The van der Waals surface area contributed by atoms with Crippen molar-refractivity contribution in [3.8, 4) is 22.9 Å². The van der Waals surface area contributed by atoms with Gasteiger partial charge in [-0.2, -0.15) is 0 Å². The van der Waals surface area contributed by atoms with Gasteiger partial charge in [-0.25, -0.2) is 9.97 Å². The topological polar surface area (TPSA) is 61.3 Å². The Balaban J connectivity index is 2.56. The Morgan fingerprint density at radius 2 is 2.00 bits per heavy atom. The van der Waals surface area contributed by atoms with E-state index in [0.29, 0.717) is 28.6 Å². The van der Waals surface area contributed by atoms with Crippen LogP contribution in [0, 0.1) is 6.92 Å². The molecule has 5 nitrogen and oxygen atoms in total. The predicted octanol–water partition coefficient (Wildman–Crippen LogP) is 2.28. The largest absolute Gasteiger partial charge is 0.497 e. The molecule has 0 saturated carbocycles. The molecule has 0 aliphatic heterocycles. The molecule has 19 heavy (non-hydrogen) atoms. The first-order valence-electron chi connectivity index (χ1n) is 5.70. The molecule has 0 saturated heterocycles. The van der Waals surface area contributed by atoms with Crippen molar-refractivity contribution in [2.75, 3.05) is 14.2 Å². The van der Waals surface area contributed by atoms with E-state index in [9.17, 15) is 4.79 Å². The smallest absolute Gasteiger partial charge is 0.163 e. The van der Waals surface area contributed by atoms with E-state index in [0.717, 1.165) is 11.8 Å². The number of aldehydes is 1. The molecule has 0 spiro atoms. The van der Waals surface area contributed by atoms with E-state index in [-0.39, 0.29) is 0 Å². The van der Waals surface area contributed by atoms with Crippen LogP contribution in [0.3, 0.4) is 0 Å². The van der Waals surface area contributed by atoms with Crippen molar-refractivity contribution in [2.24, 2.45) is 0 Å². The number of carbonyl (C=O) groups excluding carboxylic acids is 1. The normalized spacial score (nSPS) is 10.1. The first kappa shape index (κ1) is 13.0. The van der Waals surface area contributed by atoms with Gasteiger partial charge in [0, 0.05) is 6.20 Å². The van der Waals surface area contributed by atoms with Gasteiger partial charge < -0.3 is 9.47 Å². The summed E-state index contributed by atoms with van der Waals surface area (Å²) in [6.07, 6.45) is 2.24. The Kier molecular flexibility index (Phi) is 3.75. The minimum absolute atomic E-state index is 0.477. The van der Waals surface area contributed by atoms with Crippen molar-refractivity contribution < 1.29 is 14.3 Å². The number of aryl methyl sites for hydroxylation is 1. The zero-order valence-corrected chi connectivity index (χ0v) is 11.0. The maximum atomic E-state index is 10.8. The fourth-order valence-electron chi connectivity index (χ4n) is 1.71. The molecule has 0 amide bonds. The number of hydrogen-bond acceptors (Lipinski definition) is 5. The number of methoxy groups -OCH3 is 2. The third kappa shape index (κ3) is 2.54. The van der Waals surface area contributed by atoms with E-state index in [2.05, 4.69) is 9.97 Å². The number of benzene rings is 1. The van der Waals surface area contributed by atoms with E-state index in [1.54, 1.807) is 39.3 Å². The predicted molar refractivity (Wildman–Crippen MR) is 70.7 cm³/mol. The highest BCUT2D eigenvalue weighted by Crippen LogP contribution is 2.31. The third-order valence-corrected chi connectivity index (χ3v) is 2.79. The molecule has 0 aliphatic carbocycles. The molecule has 1 aromatic heterocycles. The summed E-state index contributed by atoms with van der Waals surface area (Å²) in [6.45, 7) is 1.77. The van der Waals surface area contributed by atoms with Crippen LogP contribution in [0.4, 0.5) is 0 Å². The van der Waals surface area contributed by atoms with Crippen LogP contribution in [0.2, 0.25) is 0 Å². The second kappa shape index (κ2) is 5.48. The summed E-state index contributed by atoms with van der Waals surface area (Å²) in [6, 6.07) is 5.39. The molecule has 98 valence electrons. The Morgan fingerprint density at radius 1 is 1.21 bits per heavy atom. The molecule has 2 aromatic rings. The Bertz CT molecular complexity index is 612. The molecule has 0 bridgehead atoms. The average molecular weight is 258 g/mol. The van der Waals surface area contributed by atoms with E-state index >= 15 is 0 Å². The lowest BCUT2D eigenvalue weighted by Gasteiger charge is -2.10.